The van der Waals surface area contributed by atoms with Crippen molar-refractivity contribution in [3.05, 3.63) is 55.5 Å². The molecule has 25 heavy (non-hydrogen) atoms. The molecule has 0 N–H and O–H groups in total. The Bertz CT molecular complexity index is 871. The first-order valence-electron chi connectivity index (χ1n) is 7.79. The predicted octanol–water partition coefficient (Wildman–Crippen LogP) is 4.69. The van der Waals surface area contributed by atoms with E-state index >= 15 is 0 Å². The maximum Gasteiger partial charge on any atom is 0.160 e. The number of hydrogen-bond acceptors (Lipinski definition) is 4. The minimum absolute atomic E-state index is 0.0175. The average molecular weight is 466 g/mol. The maximum absolute atomic E-state index is 12.0. The van der Waals surface area contributed by atoms with Crippen molar-refractivity contribution in [2.24, 2.45) is 0 Å². The van der Waals surface area contributed by atoms with Crippen molar-refractivity contribution in [3.8, 4) is 11.5 Å². The Morgan fingerprint density at radius 3 is 1.60 bits per heavy atom. The van der Waals surface area contributed by atoms with E-state index in [0.29, 0.717) is 24.3 Å². The van der Waals surface area contributed by atoms with Crippen molar-refractivity contribution in [2.45, 2.75) is 19.3 Å². The van der Waals surface area contributed by atoms with Crippen LogP contribution in [0.3, 0.4) is 0 Å². The van der Waals surface area contributed by atoms with Crippen molar-refractivity contribution in [3.63, 3.8) is 0 Å². The Kier molecular flexibility index (Phi) is 3.81. The van der Waals surface area contributed by atoms with Crippen LogP contribution in [0.4, 0.5) is 0 Å². The lowest BCUT2D eigenvalue weighted by Gasteiger charge is -2.21. The molecule has 2 heterocycles. The summed E-state index contributed by atoms with van der Waals surface area (Å²) in [4.78, 5) is 23.9. The highest BCUT2D eigenvalue weighted by molar-refractivity contribution is 9.10. The fourth-order valence-electron chi connectivity index (χ4n) is 3.54. The number of carbonyl (C=O) groups is 2. The summed E-state index contributed by atoms with van der Waals surface area (Å²) in [5.41, 5.74) is 2.58. The Balaban J connectivity index is 1.95. The van der Waals surface area contributed by atoms with Gasteiger partial charge in [-0.1, -0.05) is 0 Å². The lowest BCUT2D eigenvalue weighted by atomic mass is 9.76. The van der Waals surface area contributed by atoms with Crippen molar-refractivity contribution >= 4 is 43.4 Å². The highest BCUT2D eigenvalue weighted by Crippen LogP contribution is 2.52. The lowest BCUT2D eigenvalue weighted by Crippen LogP contribution is -2.31. The van der Waals surface area contributed by atoms with Crippen LogP contribution in [-0.2, 0) is 5.41 Å². The molecule has 2 aromatic carbocycles. The molecule has 0 radical (unpaired) electrons. The molecular formula is C19H14Br2O4. The zero-order chi connectivity index (χ0) is 17.9. The zero-order valence-electron chi connectivity index (χ0n) is 13.6. The van der Waals surface area contributed by atoms with E-state index in [9.17, 15) is 9.59 Å². The largest absolute Gasteiger partial charge is 0.492 e. The second kappa shape index (κ2) is 5.68. The first kappa shape index (κ1) is 16.8. The minimum Gasteiger partial charge on any atom is -0.492 e. The third-order valence-electron chi connectivity index (χ3n) is 4.88. The van der Waals surface area contributed by atoms with Gasteiger partial charge in [0.25, 0.3) is 0 Å². The molecule has 0 aromatic heterocycles. The molecule has 0 bridgehead atoms. The molecule has 0 aliphatic carbocycles. The Hall–Kier alpha value is -1.66. The van der Waals surface area contributed by atoms with Crippen molar-refractivity contribution in [2.75, 3.05) is 13.2 Å². The molecule has 6 heteroatoms. The van der Waals surface area contributed by atoms with Crippen LogP contribution in [0.5, 0.6) is 11.5 Å². The molecule has 4 nitrogen and oxygen atoms in total. The highest BCUT2D eigenvalue weighted by Gasteiger charge is 2.49. The second-order valence-corrected chi connectivity index (χ2v) is 8.14. The third kappa shape index (κ3) is 2.38. The topological polar surface area (TPSA) is 52.6 Å². The molecule has 0 saturated carbocycles. The number of ketones is 2. The van der Waals surface area contributed by atoms with Gasteiger partial charge in [-0.3, -0.25) is 9.59 Å². The van der Waals surface area contributed by atoms with E-state index in [2.05, 4.69) is 31.9 Å². The lowest BCUT2D eigenvalue weighted by molar-refractivity contribution is 0.100. The predicted molar refractivity (Wildman–Crippen MR) is 100 cm³/mol. The van der Waals surface area contributed by atoms with E-state index in [-0.39, 0.29) is 11.6 Å². The molecule has 0 unspecified atom stereocenters. The van der Waals surface area contributed by atoms with Gasteiger partial charge in [-0.05, 0) is 70.0 Å². The van der Waals surface area contributed by atoms with Gasteiger partial charge in [0.2, 0.25) is 0 Å². The zero-order valence-corrected chi connectivity index (χ0v) is 16.8. The average Bonchev–Trinajstić information content (AvgIpc) is 3.07. The summed E-state index contributed by atoms with van der Waals surface area (Å²) in [5.74, 6) is 1.44. The van der Waals surface area contributed by atoms with Crippen LogP contribution in [0, 0.1) is 0 Å². The smallest absolute Gasteiger partial charge is 0.160 e. The summed E-state index contributed by atoms with van der Waals surface area (Å²) >= 11 is 6.87. The van der Waals surface area contributed by atoms with Gasteiger partial charge in [0.15, 0.2) is 11.6 Å². The van der Waals surface area contributed by atoms with Crippen molar-refractivity contribution in [1.29, 1.82) is 0 Å². The van der Waals surface area contributed by atoms with E-state index in [1.165, 1.54) is 0 Å². The Morgan fingerprint density at radius 2 is 1.24 bits per heavy atom. The van der Waals surface area contributed by atoms with Crippen LogP contribution in [0.25, 0.3) is 0 Å². The molecule has 2 aliphatic rings. The van der Waals surface area contributed by atoms with Crippen LogP contribution < -0.4 is 9.47 Å². The number of hydrogen-bond donors (Lipinski definition) is 0. The number of benzene rings is 2. The first-order valence-corrected chi connectivity index (χ1v) is 9.37. The summed E-state index contributed by atoms with van der Waals surface area (Å²) in [6.07, 6.45) is 0. The van der Waals surface area contributed by atoms with Crippen LogP contribution in [0.1, 0.15) is 45.7 Å². The maximum atomic E-state index is 12.0. The van der Waals surface area contributed by atoms with Gasteiger partial charge in [-0.25, -0.2) is 0 Å². The molecule has 2 aliphatic heterocycles. The van der Waals surface area contributed by atoms with Crippen LogP contribution in [0.15, 0.2) is 33.2 Å². The highest BCUT2D eigenvalue weighted by atomic mass is 79.9. The number of ether oxygens (including phenoxy) is 2. The fourth-order valence-corrected chi connectivity index (χ4v) is 4.74. The summed E-state index contributed by atoms with van der Waals surface area (Å²) in [5, 5.41) is 0. The summed E-state index contributed by atoms with van der Waals surface area (Å²) in [6, 6.07) is 7.43. The number of rotatable bonds is 2. The molecule has 0 amide bonds. The van der Waals surface area contributed by atoms with E-state index in [1.807, 2.05) is 24.3 Å². The minimum atomic E-state index is -0.500. The number of fused-ring (bicyclic) bond motifs is 4. The van der Waals surface area contributed by atoms with E-state index in [0.717, 1.165) is 31.6 Å². The number of Topliss-reactive ketones (excluding diaryl/α,β-unsaturated/α-hetero) is 2. The van der Waals surface area contributed by atoms with Gasteiger partial charge in [-0.2, -0.15) is 0 Å². The normalized spacial score (nSPS) is 16.2. The second-order valence-electron chi connectivity index (χ2n) is 6.43. The van der Waals surface area contributed by atoms with Gasteiger partial charge in [0, 0.05) is 31.2 Å². The van der Waals surface area contributed by atoms with E-state index in [4.69, 9.17) is 9.47 Å². The summed E-state index contributed by atoms with van der Waals surface area (Å²) < 4.78 is 13.3. The summed E-state index contributed by atoms with van der Waals surface area (Å²) in [6.45, 7) is 3.92. The molecular weight excluding hydrogens is 452 g/mol. The molecule has 128 valence electrons. The standard InChI is InChI=1S/C19H14Br2O4/c1-9(22)11-3-13-17(5-15(11)20)24-7-19(13)8-25-18-6-16(21)12(10(2)23)4-14(18)19/h3-6H,7-8H2,1-2H3. The monoisotopic (exact) mass is 464 g/mol. The third-order valence-corrected chi connectivity index (χ3v) is 6.19. The fraction of sp³-hybridized carbons (Fsp3) is 0.263. The van der Waals surface area contributed by atoms with Gasteiger partial charge in [-0.15, -0.1) is 0 Å². The molecule has 0 atom stereocenters. The molecule has 4 rings (SSSR count). The van der Waals surface area contributed by atoms with Crippen LogP contribution in [-0.4, -0.2) is 24.8 Å². The number of carbonyl (C=O) groups excluding carboxylic acids is 2. The van der Waals surface area contributed by atoms with Gasteiger partial charge < -0.3 is 9.47 Å². The molecule has 2 aromatic rings. The van der Waals surface area contributed by atoms with Crippen LogP contribution >= 0.6 is 31.9 Å². The van der Waals surface area contributed by atoms with Crippen molar-refractivity contribution < 1.29 is 19.1 Å². The van der Waals surface area contributed by atoms with Crippen LogP contribution in [0.2, 0.25) is 0 Å². The van der Waals surface area contributed by atoms with E-state index < -0.39 is 5.41 Å². The van der Waals surface area contributed by atoms with Gasteiger partial charge in [0.05, 0.1) is 5.41 Å². The quantitative estimate of drug-likeness (QED) is 0.604. The Labute approximate surface area is 161 Å². The first-order chi connectivity index (χ1) is 11.8. The number of halogens is 2. The van der Waals surface area contributed by atoms with Crippen molar-refractivity contribution in [1.82, 2.24) is 0 Å². The molecule has 0 saturated heterocycles. The summed E-state index contributed by atoms with van der Waals surface area (Å²) in [7, 11) is 0. The van der Waals surface area contributed by atoms with Gasteiger partial charge >= 0.3 is 0 Å². The Morgan fingerprint density at radius 1 is 0.840 bits per heavy atom. The van der Waals surface area contributed by atoms with Gasteiger partial charge in [0.1, 0.15) is 24.7 Å². The molecule has 0 fully saturated rings. The SMILES string of the molecule is CC(=O)c1cc2c(cc1Br)OCC21COc2cc(Br)c(C(C)=O)cc21. The molecule has 1 spiro atoms. The van der Waals surface area contributed by atoms with E-state index in [1.54, 1.807) is 13.8 Å².